The number of hydrogen-bond donors (Lipinski definition) is 2. The average molecular weight is 264 g/mol. The molecule has 2 amide bonds. The summed E-state index contributed by atoms with van der Waals surface area (Å²) in [6, 6.07) is 5.89. The Hall–Kier alpha value is -1.49. The Morgan fingerprint density at radius 2 is 2.28 bits per heavy atom. The third-order valence-corrected chi connectivity index (χ3v) is 3.96. The molecule has 0 bridgehead atoms. The largest absolute Gasteiger partial charge is 0.352 e. The lowest BCUT2D eigenvalue weighted by atomic mass is 10.2. The van der Waals surface area contributed by atoms with Crippen molar-refractivity contribution in [2.45, 2.75) is 37.0 Å². The van der Waals surface area contributed by atoms with Crippen LogP contribution in [0.15, 0.2) is 23.1 Å². The molecule has 18 heavy (non-hydrogen) atoms. The fourth-order valence-corrected chi connectivity index (χ4v) is 2.62. The highest BCUT2D eigenvalue weighted by atomic mass is 32.2. The molecular weight excluding hydrogens is 248 g/mol. The number of thioether (sulfide) groups is 1. The fourth-order valence-electron chi connectivity index (χ4n) is 1.69. The standard InChI is InChI=1S/C13H16N2O2S/c1-3-12(16)14-7-9-4-5-11-10(6-9)15-13(17)8(2)18-11/h4-6,8H,3,7H2,1-2H3,(H,14,16)(H,15,17). The maximum Gasteiger partial charge on any atom is 0.237 e. The van der Waals surface area contributed by atoms with Crippen LogP contribution in [0.1, 0.15) is 25.8 Å². The number of amides is 2. The first-order chi connectivity index (χ1) is 8.60. The summed E-state index contributed by atoms with van der Waals surface area (Å²) in [5, 5.41) is 5.64. The van der Waals surface area contributed by atoms with Crippen LogP contribution < -0.4 is 10.6 Å². The molecule has 0 saturated carbocycles. The number of rotatable bonds is 3. The molecule has 1 unspecified atom stereocenters. The van der Waals surface area contributed by atoms with Crippen molar-refractivity contribution in [3.8, 4) is 0 Å². The number of carbonyl (C=O) groups is 2. The molecule has 0 fully saturated rings. The van der Waals surface area contributed by atoms with Crippen LogP contribution in [0.3, 0.4) is 0 Å². The van der Waals surface area contributed by atoms with Gasteiger partial charge in [0.1, 0.15) is 0 Å². The lowest BCUT2D eigenvalue weighted by Crippen LogP contribution is -2.27. The van der Waals surface area contributed by atoms with Crippen LogP contribution >= 0.6 is 11.8 Å². The quantitative estimate of drug-likeness (QED) is 0.879. The van der Waals surface area contributed by atoms with Gasteiger partial charge in [-0.2, -0.15) is 0 Å². The SMILES string of the molecule is CCC(=O)NCc1ccc2c(c1)NC(=O)C(C)S2. The molecule has 1 heterocycles. The van der Waals surface area contributed by atoms with Crippen LogP contribution in [0, 0.1) is 0 Å². The van der Waals surface area contributed by atoms with E-state index in [4.69, 9.17) is 0 Å². The molecule has 2 rings (SSSR count). The van der Waals surface area contributed by atoms with Gasteiger partial charge < -0.3 is 10.6 Å². The number of anilines is 1. The molecule has 1 aliphatic rings. The predicted octanol–water partition coefficient (Wildman–Crippen LogP) is 2.15. The molecule has 1 atom stereocenters. The van der Waals surface area contributed by atoms with Gasteiger partial charge in [0.25, 0.3) is 0 Å². The molecule has 5 heteroatoms. The smallest absolute Gasteiger partial charge is 0.237 e. The van der Waals surface area contributed by atoms with E-state index in [1.807, 2.05) is 32.0 Å². The molecule has 0 spiro atoms. The predicted molar refractivity (Wildman–Crippen MR) is 72.5 cm³/mol. The van der Waals surface area contributed by atoms with Crippen molar-refractivity contribution in [2.75, 3.05) is 5.32 Å². The zero-order chi connectivity index (χ0) is 13.1. The van der Waals surface area contributed by atoms with Gasteiger partial charge in [-0.15, -0.1) is 11.8 Å². The van der Waals surface area contributed by atoms with Crippen LogP contribution in [0.2, 0.25) is 0 Å². The third kappa shape index (κ3) is 2.85. The first kappa shape index (κ1) is 13.0. The summed E-state index contributed by atoms with van der Waals surface area (Å²) in [4.78, 5) is 23.8. The molecule has 96 valence electrons. The highest BCUT2D eigenvalue weighted by molar-refractivity contribution is 8.00. The molecule has 0 aromatic heterocycles. The van der Waals surface area contributed by atoms with E-state index >= 15 is 0 Å². The monoisotopic (exact) mass is 264 g/mol. The summed E-state index contributed by atoms with van der Waals surface area (Å²) in [6.45, 7) is 4.20. The topological polar surface area (TPSA) is 58.2 Å². The number of fused-ring (bicyclic) bond motifs is 1. The summed E-state index contributed by atoms with van der Waals surface area (Å²) in [6.07, 6.45) is 0.481. The molecule has 1 aromatic rings. The van der Waals surface area contributed by atoms with Crippen molar-refractivity contribution >= 4 is 29.3 Å². The lowest BCUT2D eigenvalue weighted by Gasteiger charge is -2.21. The van der Waals surface area contributed by atoms with E-state index in [1.165, 1.54) is 0 Å². The Labute approximate surface area is 111 Å². The summed E-state index contributed by atoms with van der Waals surface area (Å²) >= 11 is 1.56. The fraction of sp³-hybridized carbons (Fsp3) is 0.385. The minimum Gasteiger partial charge on any atom is -0.352 e. The van der Waals surface area contributed by atoms with Gasteiger partial charge in [-0.1, -0.05) is 13.0 Å². The maximum atomic E-state index is 11.6. The summed E-state index contributed by atoms with van der Waals surface area (Å²) in [5.41, 5.74) is 1.83. The minimum atomic E-state index is -0.0526. The second-order valence-corrected chi connectivity index (χ2v) is 5.59. The zero-order valence-corrected chi connectivity index (χ0v) is 11.3. The summed E-state index contributed by atoms with van der Waals surface area (Å²) < 4.78 is 0. The Morgan fingerprint density at radius 3 is 3.00 bits per heavy atom. The van der Waals surface area contributed by atoms with Crippen LogP contribution in [0.25, 0.3) is 0 Å². The molecular formula is C13H16N2O2S. The van der Waals surface area contributed by atoms with E-state index in [0.717, 1.165) is 16.1 Å². The molecule has 0 radical (unpaired) electrons. The molecule has 1 aliphatic heterocycles. The van der Waals surface area contributed by atoms with Gasteiger partial charge in [0.15, 0.2) is 0 Å². The summed E-state index contributed by atoms with van der Waals surface area (Å²) in [7, 11) is 0. The van der Waals surface area contributed by atoms with Crippen LogP contribution in [0.4, 0.5) is 5.69 Å². The van der Waals surface area contributed by atoms with Crippen molar-refractivity contribution in [2.24, 2.45) is 0 Å². The van der Waals surface area contributed by atoms with Gasteiger partial charge in [0, 0.05) is 17.9 Å². The van der Waals surface area contributed by atoms with E-state index in [2.05, 4.69) is 10.6 Å². The number of benzene rings is 1. The van der Waals surface area contributed by atoms with E-state index in [9.17, 15) is 9.59 Å². The number of carbonyl (C=O) groups excluding carboxylic acids is 2. The minimum absolute atomic E-state index is 0.0275. The van der Waals surface area contributed by atoms with Crippen molar-refractivity contribution in [3.63, 3.8) is 0 Å². The molecule has 2 N–H and O–H groups in total. The average Bonchev–Trinajstić information content (AvgIpc) is 2.37. The van der Waals surface area contributed by atoms with E-state index in [-0.39, 0.29) is 17.1 Å². The molecule has 0 saturated heterocycles. The maximum absolute atomic E-state index is 11.6. The third-order valence-electron chi connectivity index (χ3n) is 2.79. The molecule has 0 aliphatic carbocycles. The number of nitrogens with one attached hydrogen (secondary N) is 2. The van der Waals surface area contributed by atoms with Gasteiger partial charge in [-0.25, -0.2) is 0 Å². The van der Waals surface area contributed by atoms with Gasteiger partial charge in [-0.3, -0.25) is 9.59 Å². The van der Waals surface area contributed by atoms with E-state index in [1.54, 1.807) is 11.8 Å². The normalized spacial score (nSPS) is 17.9. The highest BCUT2D eigenvalue weighted by Gasteiger charge is 2.22. The summed E-state index contributed by atoms with van der Waals surface area (Å²) in [5.74, 6) is 0.0574. The Morgan fingerprint density at radius 1 is 1.50 bits per heavy atom. The first-order valence-corrected chi connectivity index (χ1v) is 6.85. The Kier molecular flexibility index (Phi) is 3.91. The molecule has 4 nitrogen and oxygen atoms in total. The number of hydrogen-bond acceptors (Lipinski definition) is 3. The zero-order valence-electron chi connectivity index (χ0n) is 10.4. The van der Waals surface area contributed by atoms with Gasteiger partial charge in [0.05, 0.1) is 10.9 Å². The van der Waals surface area contributed by atoms with Crippen molar-refractivity contribution in [3.05, 3.63) is 23.8 Å². The Bertz CT molecular complexity index is 488. The second-order valence-electron chi connectivity index (χ2n) is 4.21. The van der Waals surface area contributed by atoms with Gasteiger partial charge >= 0.3 is 0 Å². The van der Waals surface area contributed by atoms with E-state index < -0.39 is 0 Å². The van der Waals surface area contributed by atoms with Crippen LogP contribution in [0.5, 0.6) is 0 Å². The first-order valence-electron chi connectivity index (χ1n) is 5.97. The highest BCUT2D eigenvalue weighted by Crippen LogP contribution is 2.35. The van der Waals surface area contributed by atoms with E-state index in [0.29, 0.717) is 13.0 Å². The molecule has 1 aromatic carbocycles. The van der Waals surface area contributed by atoms with Gasteiger partial charge in [0.2, 0.25) is 11.8 Å². The second kappa shape index (κ2) is 5.44. The lowest BCUT2D eigenvalue weighted by molar-refractivity contribution is -0.121. The van der Waals surface area contributed by atoms with Crippen molar-refractivity contribution < 1.29 is 9.59 Å². The van der Waals surface area contributed by atoms with Crippen molar-refractivity contribution in [1.29, 1.82) is 0 Å². The van der Waals surface area contributed by atoms with Crippen LogP contribution in [-0.2, 0) is 16.1 Å². The Balaban J connectivity index is 2.10. The van der Waals surface area contributed by atoms with Crippen LogP contribution in [-0.4, -0.2) is 17.1 Å². The van der Waals surface area contributed by atoms with Gasteiger partial charge in [-0.05, 0) is 24.6 Å². The van der Waals surface area contributed by atoms with Crippen molar-refractivity contribution in [1.82, 2.24) is 5.32 Å².